The van der Waals surface area contributed by atoms with Gasteiger partial charge in [0.05, 0.1) is 33.0 Å². The van der Waals surface area contributed by atoms with Crippen molar-refractivity contribution in [3.63, 3.8) is 0 Å². The van der Waals surface area contributed by atoms with Crippen LogP contribution in [0.25, 0.3) is 0 Å². The van der Waals surface area contributed by atoms with Crippen LogP contribution in [0.3, 0.4) is 0 Å². The van der Waals surface area contributed by atoms with Crippen molar-refractivity contribution in [2.75, 3.05) is 52.5 Å². The first-order valence-corrected chi connectivity index (χ1v) is 10.9. The van der Waals surface area contributed by atoms with Crippen LogP contribution >= 0.6 is 11.8 Å². The number of carboxylic acid groups (broad SMARTS) is 1. The van der Waals surface area contributed by atoms with Crippen molar-refractivity contribution >= 4 is 22.8 Å². The molecule has 30 heavy (non-hydrogen) atoms. The Morgan fingerprint density at radius 1 is 1.13 bits per heavy atom. The minimum absolute atomic E-state index is 0.000787. The van der Waals surface area contributed by atoms with E-state index in [1.54, 1.807) is 26.2 Å². The average Bonchev–Trinajstić information content (AvgIpc) is 3.11. The van der Waals surface area contributed by atoms with E-state index in [0.717, 1.165) is 0 Å². The molecule has 1 heterocycles. The lowest BCUT2D eigenvalue weighted by atomic mass is 10.1. The van der Waals surface area contributed by atoms with Gasteiger partial charge in [-0.2, -0.15) is 0 Å². The lowest BCUT2D eigenvalue weighted by molar-refractivity contribution is -0.141. The Kier molecular flexibility index (Phi) is 12.4. The molecule has 2 N–H and O–H groups in total. The van der Waals surface area contributed by atoms with Gasteiger partial charge in [0.1, 0.15) is 23.1 Å². The van der Waals surface area contributed by atoms with E-state index in [4.69, 9.17) is 18.9 Å². The summed E-state index contributed by atoms with van der Waals surface area (Å²) in [5.74, 6) is -0.141. The number of aromatic hydroxyl groups is 1. The first kappa shape index (κ1) is 26.2. The van der Waals surface area contributed by atoms with Crippen LogP contribution in [0.4, 0.5) is 0 Å². The zero-order valence-corrected chi connectivity index (χ0v) is 19.0. The number of ether oxygens (including phenoxy) is 4. The Morgan fingerprint density at radius 2 is 1.73 bits per heavy atom. The number of aliphatic carboxylic acids is 1. The SMILES string of the molecule is CCC.COCCOCCOCCOc1ccc(C2=N[C@@](C)(C(=O)O)CS2)c(O)c1. The van der Waals surface area contributed by atoms with E-state index in [1.807, 2.05) is 0 Å². The Labute approximate surface area is 182 Å². The van der Waals surface area contributed by atoms with Crippen molar-refractivity contribution in [3.05, 3.63) is 23.8 Å². The maximum absolute atomic E-state index is 11.3. The fourth-order valence-corrected chi connectivity index (χ4v) is 3.41. The Hall–Kier alpha value is -1.81. The summed E-state index contributed by atoms with van der Waals surface area (Å²) in [4.78, 5) is 15.5. The van der Waals surface area contributed by atoms with Crippen LogP contribution in [0.2, 0.25) is 0 Å². The van der Waals surface area contributed by atoms with Gasteiger partial charge in [0, 0.05) is 24.5 Å². The van der Waals surface area contributed by atoms with Gasteiger partial charge in [0.2, 0.25) is 0 Å². The smallest absolute Gasteiger partial charge is 0.332 e. The molecule has 0 unspecified atom stereocenters. The lowest BCUT2D eigenvalue weighted by Crippen LogP contribution is -2.33. The van der Waals surface area contributed by atoms with E-state index in [2.05, 4.69) is 18.8 Å². The zero-order chi connectivity index (χ0) is 22.4. The van der Waals surface area contributed by atoms with Gasteiger partial charge < -0.3 is 29.2 Å². The molecule has 0 saturated carbocycles. The van der Waals surface area contributed by atoms with E-state index < -0.39 is 11.5 Å². The van der Waals surface area contributed by atoms with Crippen LogP contribution in [0, 0.1) is 0 Å². The molecule has 0 amide bonds. The number of methoxy groups -OCH3 is 1. The standard InChI is InChI=1S/C18H25NO7S.C3H8/c1-18(17(21)22)12-27-16(19-18)14-4-3-13(11-15(14)20)26-10-9-25-8-7-24-6-5-23-2;1-3-2/h3-4,11,20H,5-10,12H2,1-2H3,(H,21,22);3H2,1-2H3/t18-;/m1./s1. The minimum Gasteiger partial charge on any atom is -0.507 e. The van der Waals surface area contributed by atoms with E-state index in [9.17, 15) is 15.0 Å². The van der Waals surface area contributed by atoms with Gasteiger partial charge in [-0.25, -0.2) is 4.79 Å². The second-order valence-electron chi connectivity index (χ2n) is 6.74. The first-order valence-electron chi connectivity index (χ1n) is 9.94. The molecule has 0 bridgehead atoms. The minimum atomic E-state index is -1.16. The summed E-state index contributed by atoms with van der Waals surface area (Å²) in [6.07, 6.45) is 1.25. The van der Waals surface area contributed by atoms with Crippen molar-refractivity contribution in [2.45, 2.75) is 32.7 Å². The van der Waals surface area contributed by atoms with Gasteiger partial charge in [-0.05, 0) is 19.1 Å². The summed E-state index contributed by atoms with van der Waals surface area (Å²) in [5, 5.41) is 20.0. The molecule has 0 saturated heterocycles. The monoisotopic (exact) mass is 443 g/mol. The van der Waals surface area contributed by atoms with Crippen LogP contribution < -0.4 is 4.74 Å². The number of nitrogens with zero attached hydrogens (tertiary/aromatic N) is 1. The molecular formula is C21H33NO7S. The molecule has 1 aliphatic rings. The summed E-state index contributed by atoms with van der Waals surface area (Å²) in [5.41, 5.74) is -0.659. The molecule has 0 spiro atoms. The van der Waals surface area contributed by atoms with E-state index in [0.29, 0.717) is 61.8 Å². The van der Waals surface area contributed by atoms with Crippen molar-refractivity contribution in [1.82, 2.24) is 0 Å². The number of phenols is 1. The Morgan fingerprint density at radius 3 is 2.27 bits per heavy atom. The molecule has 9 heteroatoms. The number of carbonyl (C=O) groups is 1. The van der Waals surface area contributed by atoms with Crippen molar-refractivity contribution < 1.29 is 34.0 Å². The summed E-state index contributed by atoms with van der Waals surface area (Å²) < 4.78 is 21.1. The molecular weight excluding hydrogens is 410 g/mol. The molecule has 0 aliphatic carbocycles. The highest BCUT2D eigenvalue weighted by molar-refractivity contribution is 8.14. The lowest BCUT2D eigenvalue weighted by Gasteiger charge is -2.12. The van der Waals surface area contributed by atoms with Crippen molar-refractivity contribution in [1.29, 1.82) is 0 Å². The van der Waals surface area contributed by atoms with E-state index in [1.165, 1.54) is 24.2 Å². The quantitative estimate of drug-likeness (QED) is 0.474. The molecule has 170 valence electrons. The molecule has 0 radical (unpaired) electrons. The predicted octanol–water partition coefficient (Wildman–Crippen LogP) is 3.20. The summed E-state index contributed by atoms with van der Waals surface area (Å²) in [7, 11) is 1.62. The molecule has 1 aromatic carbocycles. The fourth-order valence-electron chi connectivity index (χ4n) is 2.21. The molecule has 1 aliphatic heterocycles. The summed E-state index contributed by atoms with van der Waals surface area (Å²) >= 11 is 1.31. The maximum Gasteiger partial charge on any atom is 0.332 e. The molecule has 0 aromatic heterocycles. The number of hydrogen-bond donors (Lipinski definition) is 2. The topological polar surface area (TPSA) is 107 Å². The number of aliphatic imine (C=N–C) groups is 1. The molecule has 0 fully saturated rings. The van der Waals surface area contributed by atoms with Gasteiger partial charge in [0.15, 0.2) is 5.54 Å². The molecule has 1 atom stereocenters. The van der Waals surface area contributed by atoms with Crippen LogP contribution in [0.5, 0.6) is 11.5 Å². The van der Waals surface area contributed by atoms with Gasteiger partial charge in [-0.15, -0.1) is 11.8 Å². The second-order valence-corrected chi connectivity index (χ2v) is 7.70. The van der Waals surface area contributed by atoms with Crippen molar-refractivity contribution in [2.24, 2.45) is 4.99 Å². The van der Waals surface area contributed by atoms with E-state index in [-0.39, 0.29) is 5.75 Å². The molecule has 8 nitrogen and oxygen atoms in total. The highest BCUT2D eigenvalue weighted by Gasteiger charge is 2.38. The van der Waals surface area contributed by atoms with Crippen LogP contribution in [0.15, 0.2) is 23.2 Å². The number of phenolic OH excluding ortho intramolecular Hbond substituents is 1. The third-order valence-corrected chi connectivity index (χ3v) is 5.09. The average molecular weight is 444 g/mol. The number of thioether (sulfide) groups is 1. The molecule has 1 aromatic rings. The predicted molar refractivity (Wildman–Crippen MR) is 118 cm³/mol. The highest BCUT2D eigenvalue weighted by Crippen LogP contribution is 2.35. The maximum atomic E-state index is 11.3. The van der Waals surface area contributed by atoms with Gasteiger partial charge in [0.25, 0.3) is 0 Å². The molecule has 2 rings (SSSR count). The zero-order valence-electron chi connectivity index (χ0n) is 18.2. The van der Waals surface area contributed by atoms with Gasteiger partial charge in [-0.3, -0.25) is 4.99 Å². The van der Waals surface area contributed by atoms with Crippen LogP contribution in [-0.4, -0.2) is 79.3 Å². The van der Waals surface area contributed by atoms with Crippen LogP contribution in [0.1, 0.15) is 32.8 Å². The Bertz CT molecular complexity index is 683. The highest BCUT2D eigenvalue weighted by atomic mass is 32.2. The van der Waals surface area contributed by atoms with Crippen molar-refractivity contribution in [3.8, 4) is 11.5 Å². The normalized spacial score (nSPS) is 17.8. The fraction of sp³-hybridized carbons (Fsp3) is 0.619. The number of rotatable bonds is 12. The second kappa shape index (κ2) is 14.2. The Balaban J connectivity index is 0.00000141. The first-order chi connectivity index (χ1) is 14.4. The number of hydrogen-bond acceptors (Lipinski definition) is 8. The summed E-state index contributed by atoms with van der Waals surface area (Å²) in [6.45, 7) is 8.61. The number of benzene rings is 1. The van der Waals surface area contributed by atoms with Gasteiger partial charge >= 0.3 is 5.97 Å². The van der Waals surface area contributed by atoms with E-state index >= 15 is 0 Å². The van der Waals surface area contributed by atoms with Gasteiger partial charge in [-0.1, -0.05) is 20.3 Å². The third kappa shape index (κ3) is 8.91. The summed E-state index contributed by atoms with van der Waals surface area (Å²) in [6, 6.07) is 4.87. The third-order valence-electron chi connectivity index (χ3n) is 3.80. The largest absolute Gasteiger partial charge is 0.507 e. The number of carboxylic acids is 1. The van der Waals surface area contributed by atoms with Crippen LogP contribution in [-0.2, 0) is 19.0 Å².